The molecule has 0 amide bonds. The summed E-state index contributed by atoms with van der Waals surface area (Å²) in [6.45, 7) is 3.50. The van der Waals surface area contributed by atoms with Crippen LogP contribution in [0.1, 0.15) is 24.2 Å². The SMILES string of the molecule is C#CC(C)(C)Nc1ncncc1C(=O)O. The molecule has 0 aromatic carbocycles. The van der Waals surface area contributed by atoms with Gasteiger partial charge in [-0.05, 0) is 13.8 Å². The number of hydrogen-bond acceptors (Lipinski definition) is 4. The van der Waals surface area contributed by atoms with Crippen LogP contribution < -0.4 is 5.32 Å². The van der Waals surface area contributed by atoms with Crippen molar-refractivity contribution in [3.63, 3.8) is 0 Å². The van der Waals surface area contributed by atoms with E-state index in [0.29, 0.717) is 0 Å². The molecule has 0 aliphatic heterocycles. The van der Waals surface area contributed by atoms with Crippen LogP contribution in [-0.2, 0) is 0 Å². The van der Waals surface area contributed by atoms with E-state index in [-0.39, 0.29) is 11.4 Å². The average Bonchev–Trinajstić information content (AvgIpc) is 2.18. The molecule has 0 bridgehead atoms. The normalized spacial score (nSPS) is 10.5. The van der Waals surface area contributed by atoms with Gasteiger partial charge in [-0.25, -0.2) is 14.8 Å². The second kappa shape index (κ2) is 3.96. The smallest absolute Gasteiger partial charge is 0.341 e. The molecule has 5 nitrogen and oxygen atoms in total. The van der Waals surface area contributed by atoms with Gasteiger partial charge in [0.1, 0.15) is 17.7 Å². The molecule has 1 aromatic rings. The highest BCUT2D eigenvalue weighted by molar-refractivity contribution is 5.92. The zero-order chi connectivity index (χ0) is 11.5. The Morgan fingerprint density at radius 2 is 2.33 bits per heavy atom. The Kier molecular flexibility index (Phi) is 2.90. The van der Waals surface area contributed by atoms with Crippen LogP contribution in [0, 0.1) is 12.3 Å². The molecule has 0 radical (unpaired) electrons. The van der Waals surface area contributed by atoms with Crippen LogP contribution in [0.2, 0.25) is 0 Å². The highest BCUT2D eigenvalue weighted by Gasteiger charge is 2.18. The van der Waals surface area contributed by atoms with Crippen molar-refractivity contribution in [3.05, 3.63) is 18.1 Å². The third-order valence-electron chi connectivity index (χ3n) is 1.73. The van der Waals surface area contributed by atoms with Gasteiger partial charge in [0.05, 0.1) is 5.54 Å². The summed E-state index contributed by atoms with van der Waals surface area (Å²) in [5.74, 6) is 1.62. The van der Waals surface area contributed by atoms with Gasteiger partial charge in [0.2, 0.25) is 0 Å². The standard InChI is InChI=1S/C10H11N3O2/c1-4-10(2,3)13-8-7(9(14)15)5-11-6-12-8/h1,5-6H,2-3H3,(H,14,15)(H,11,12,13). The number of anilines is 1. The summed E-state index contributed by atoms with van der Waals surface area (Å²) in [5.41, 5.74) is -0.653. The maximum absolute atomic E-state index is 10.8. The predicted octanol–water partition coefficient (Wildman–Crippen LogP) is 0.998. The Morgan fingerprint density at radius 1 is 1.67 bits per heavy atom. The fourth-order valence-electron chi connectivity index (χ4n) is 0.918. The summed E-state index contributed by atoms with van der Waals surface area (Å²) in [6, 6.07) is 0. The number of rotatable bonds is 3. The van der Waals surface area contributed by atoms with E-state index < -0.39 is 11.5 Å². The number of terminal acetylenes is 1. The molecule has 0 saturated carbocycles. The molecule has 5 heteroatoms. The zero-order valence-electron chi connectivity index (χ0n) is 8.48. The van der Waals surface area contributed by atoms with Gasteiger partial charge < -0.3 is 10.4 Å². The zero-order valence-corrected chi connectivity index (χ0v) is 8.48. The molecule has 0 atom stereocenters. The summed E-state index contributed by atoms with van der Waals surface area (Å²) in [5, 5.41) is 11.7. The van der Waals surface area contributed by atoms with Crippen LogP contribution in [0.4, 0.5) is 5.82 Å². The van der Waals surface area contributed by atoms with E-state index in [1.54, 1.807) is 13.8 Å². The Labute approximate surface area is 87.6 Å². The summed E-state index contributed by atoms with van der Waals surface area (Å²) in [6.07, 6.45) is 7.77. The molecule has 0 fully saturated rings. The highest BCUT2D eigenvalue weighted by Crippen LogP contribution is 2.15. The molecule has 0 saturated heterocycles. The van der Waals surface area contributed by atoms with Crippen LogP contribution in [0.5, 0.6) is 0 Å². The van der Waals surface area contributed by atoms with Gasteiger partial charge in [-0.15, -0.1) is 6.42 Å². The topological polar surface area (TPSA) is 75.1 Å². The molecule has 1 aromatic heterocycles. The lowest BCUT2D eigenvalue weighted by atomic mass is 10.1. The van der Waals surface area contributed by atoms with Crippen molar-refractivity contribution in [2.75, 3.05) is 5.32 Å². The second-order valence-electron chi connectivity index (χ2n) is 3.48. The van der Waals surface area contributed by atoms with Gasteiger partial charge in [0.25, 0.3) is 0 Å². The Hall–Kier alpha value is -2.09. The largest absolute Gasteiger partial charge is 0.477 e. The summed E-state index contributed by atoms with van der Waals surface area (Å²) in [7, 11) is 0. The lowest BCUT2D eigenvalue weighted by Gasteiger charge is -2.20. The van der Waals surface area contributed by atoms with Crippen molar-refractivity contribution in [2.24, 2.45) is 0 Å². The van der Waals surface area contributed by atoms with Gasteiger partial charge in [-0.1, -0.05) is 5.92 Å². The van der Waals surface area contributed by atoms with Crippen molar-refractivity contribution in [1.29, 1.82) is 0 Å². The van der Waals surface area contributed by atoms with Gasteiger partial charge >= 0.3 is 5.97 Å². The first-order valence-electron chi connectivity index (χ1n) is 4.25. The number of hydrogen-bond donors (Lipinski definition) is 2. The van der Waals surface area contributed by atoms with Crippen LogP contribution in [0.3, 0.4) is 0 Å². The van der Waals surface area contributed by atoms with Crippen LogP contribution in [0.25, 0.3) is 0 Å². The van der Waals surface area contributed by atoms with Crippen molar-refractivity contribution in [1.82, 2.24) is 9.97 Å². The molecule has 78 valence electrons. The first kappa shape index (κ1) is 11.0. The predicted molar refractivity (Wildman–Crippen MR) is 55.5 cm³/mol. The minimum absolute atomic E-state index is 0.000764. The number of carboxylic acid groups (broad SMARTS) is 1. The van der Waals surface area contributed by atoms with Gasteiger partial charge in [0, 0.05) is 6.20 Å². The molecule has 15 heavy (non-hydrogen) atoms. The van der Waals surface area contributed by atoms with Crippen LogP contribution in [0.15, 0.2) is 12.5 Å². The molecular formula is C10H11N3O2. The Bertz CT molecular complexity index is 421. The first-order chi connectivity index (χ1) is 6.96. The maximum atomic E-state index is 10.8. The number of nitrogens with zero attached hydrogens (tertiary/aromatic N) is 2. The lowest BCUT2D eigenvalue weighted by molar-refractivity contribution is 0.0697. The fourth-order valence-corrected chi connectivity index (χ4v) is 0.918. The minimum Gasteiger partial charge on any atom is -0.477 e. The van der Waals surface area contributed by atoms with Crippen LogP contribution >= 0.6 is 0 Å². The number of aromatic carboxylic acids is 1. The summed E-state index contributed by atoms with van der Waals surface area (Å²) in [4.78, 5) is 18.3. The third-order valence-corrected chi connectivity index (χ3v) is 1.73. The van der Waals surface area contributed by atoms with Gasteiger partial charge in [0.15, 0.2) is 0 Å². The molecule has 1 heterocycles. The van der Waals surface area contributed by atoms with E-state index in [1.807, 2.05) is 0 Å². The molecule has 0 aliphatic rings. The lowest BCUT2D eigenvalue weighted by Crippen LogP contribution is -2.30. The fraction of sp³-hybridized carbons (Fsp3) is 0.300. The highest BCUT2D eigenvalue weighted by atomic mass is 16.4. The first-order valence-corrected chi connectivity index (χ1v) is 4.25. The van der Waals surface area contributed by atoms with E-state index in [9.17, 15) is 4.79 Å². The maximum Gasteiger partial charge on any atom is 0.341 e. The quantitative estimate of drug-likeness (QED) is 0.720. The molecule has 0 aliphatic carbocycles. The molecule has 1 rings (SSSR count). The van der Waals surface area contributed by atoms with Crippen molar-refractivity contribution in [3.8, 4) is 12.3 Å². The van der Waals surface area contributed by atoms with E-state index in [1.165, 1.54) is 12.5 Å². The van der Waals surface area contributed by atoms with Gasteiger partial charge in [-0.2, -0.15) is 0 Å². The number of carbonyl (C=O) groups is 1. The third kappa shape index (κ3) is 2.68. The van der Waals surface area contributed by atoms with Crippen LogP contribution in [-0.4, -0.2) is 26.6 Å². The minimum atomic E-state index is -1.09. The molecule has 0 spiro atoms. The molecule has 2 N–H and O–H groups in total. The van der Waals surface area contributed by atoms with Gasteiger partial charge in [-0.3, -0.25) is 0 Å². The monoisotopic (exact) mass is 205 g/mol. The Balaban J connectivity index is 3.06. The molecule has 0 unspecified atom stereocenters. The number of carboxylic acids is 1. The number of nitrogens with one attached hydrogen (secondary N) is 1. The van der Waals surface area contributed by atoms with E-state index in [4.69, 9.17) is 11.5 Å². The van der Waals surface area contributed by atoms with Crippen molar-refractivity contribution >= 4 is 11.8 Å². The van der Waals surface area contributed by atoms with E-state index in [2.05, 4.69) is 21.2 Å². The second-order valence-corrected chi connectivity index (χ2v) is 3.48. The van der Waals surface area contributed by atoms with E-state index >= 15 is 0 Å². The van der Waals surface area contributed by atoms with Crippen molar-refractivity contribution < 1.29 is 9.90 Å². The average molecular weight is 205 g/mol. The van der Waals surface area contributed by atoms with Crippen molar-refractivity contribution in [2.45, 2.75) is 19.4 Å². The summed E-state index contributed by atoms with van der Waals surface area (Å²) < 4.78 is 0. The summed E-state index contributed by atoms with van der Waals surface area (Å²) >= 11 is 0. The van der Waals surface area contributed by atoms with E-state index in [0.717, 1.165) is 0 Å². The molecular weight excluding hydrogens is 194 g/mol. The number of aromatic nitrogens is 2. The Morgan fingerprint density at radius 3 is 2.87 bits per heavy atom.